The Kier molecular flexibility index (Phi) is 41.3. The van der Waals surface area contributed by atoms with Crippen molar-refractivity contribution in [2.75, 3.05) is 13.7 Å². The number of aromatic nitrogens is 6. The Bertz CT molecular complexity index is 1790. The Morgan fingerprint density at radius 2 is 1.08 bits per heavy atom. The second kappa shape index (κ2) is 36.4. The van der Waals surface area contributed by atoms with Crippen LogP contribution in [0.3, 0.4) is 0 Å². The average molecular weight is 1590 g/mol. The van der Waals surface area contributed by atoms with Crippen LogP contribution in [-0.2, 0) is 19.1 Å². The van der Waals surface area contributed by atoms with Crippen molar-refractivity contribution in [2.45, 2.75) is 122 Å². The van der Waals surface area contributed by atoms with Crippen LogP contribution in [-0.4, -0.2) is 114 Å². The van der Waals surface area contributed by atoms with Gasteiger partial charge in [-0.1, -0.05) is 58.5 Å². The molecule has 3 aromatic heterocycles. The molecule has 66 heavy (non-hydrogen) atoms. The quantitative estimate of drug-likeness (QED) is 0.118. The van der Waals surface area contributed by atoms with Crippen LogP contribution in [0.25, 0.3) is 0 Å². The molecule has 0 aliphatic carbocycles. The number of alkyl halides is 7. The van der Waals surface area contributed by atoms with Crippen molar-refractivity contribution in [3.63, 3.8) is 0 Å². The van der Waals surface area contributed by atoms with E-state index in [-0.39, 0.29) is 55.4 Å². The Labute approximate surface area is 468 Å². The first-order valence-corrected chi connectivity index (χ1v) is 46.7. The summed E-state index contributed by atoms with van der Waals surface area (Å²) in [5.74, 6) is -10.2. The van der Waals surface area contributed by atoms with Gasteiger partial charge in [-0.25, -0.2) is 47.1 Å². The van der Waals surface area contributed by atoms with Crippen LogP contribution in [0.1, 0.15) is 73.7 Å². The number of ether oxygens (including phenoxy) is 3. The van der Waals surface area contributed by atoms with E-state index in [4.69, 9.17) is 60.1 Å². The average Bonchev–Trinajstić information content (AvgIpc) is 3.67. The first kappa shape index (κ1) is 74.9. The van der Waals surface area contributed by atoms with Gasteiger partial charge >= 0.3 is 161 Å². The second-order valence-electron chi connectivity index (χ2n) is 12.6. The van der Waals surface area contributed by atoms with Crippen molar-refractivity contribution in [2.24, 2.45) is 11.8 Å². The number of aliphatic hydroxyl groups is 2. The summed E-state index contributed by atoms with van der Waals surface area (Å²) in [5, 5.41) is 25.2. The zero-order valence-corrected chi connectivity index (χ0v) is 52.1. The topological polar surface area (TPSA) is 187 Å². The molecule has 14 nitrogen and oxygen atoms in total. The molecule has 6 rings (SSSR count). The summed E-state index contributed by atoms with van der Waals surface area (Å²) >= 11 is 6.91. The van der Waals surface area contributed by atoms with Crippen LogP contribution >= 0.6 is 112 Å². The summed E-state index contributed by atoms with van der Waals surface area (Å²) in [4.78, 5) is 37.0. The van der Waals surface area contributed by atoms with E-state index in [1.807, 2.05) is 13.8 Å². The second-order valence-corrected chi connectivity index (χ2v) is 74.3. The molecule has 3 saturated heterocycles. The number of nitrogens with zero attached hydrogens (tertiary/aromatic N) is 6. The first-order chi connectivity index (χ1) is 29.1. The Morgan fingerprint density at radius 3 is 1.33 bits per heavy atom. The van der Waals surface area contributed by atoms with Gasteiger partial charge in [0.05, 0.1) is 24.7 Å². The zero-order chi connectivity index (χ0) is 49.1. The fraction of sp³-hybridized carbons (Fsp3) is 0.657. The van der Waals surface area contributed by atoms with Gasteiger partial charge in [-0.15, -0.1) is 0 Å². The molecular formula is C35H52BrCl4F6I3N6NaO8SnV. The molecular weight excluding hydrogens is 1540 g/mol. The predicted octanol–water partition coefficient (Wildman–Crippen LogP) is 6.81. The van der Waals surface area contributed by atoms with Crippen LogP contribution in [0, 0.1) is 18.8 Å². The van der Waals surface area contributed by atoms with Gasteiger partial charge in [-0.05, 0) is 38.0 Å². The zero-order valence-electron chi connectivity index (χ0n) is 34.8. The summed E-state index contributed by atoms with van der Waals surface area (Å²) in [6.45, 7) is 7.70. The van der Waals surface area contributed by atoms with Crippen LogP contribution in [0.15, 0.2) is 65.0 Å². The summed E-state index contributed by atoms with van der Waals surface area (Å²) in [6.07, 6.45) is 1.41. The number of aryl methyl sites for hydroxylation is 1. The molecule has 6 heterocycles. The molecule has 2 N–H and O–H groups in total. The van der Waals surface area contributed by atoms with Crippen LogP contribution in [0.2, 0.25) is 0 Å². The molecule has 378 valence electrons. The number of aliphatic hydroxyl groups excluding tert-OH is 2. The van der Waals surface area contributed by atoms with E-state index >= 15 is 0 Å². The van der Waals surface area contributed by atoms with E-state index < -0.39 is 97.2 Å². The molecule has 0 aromatic carbocycles. The van der Waals surface area contributed by atoms with Crippen LogP contribution in [0.5, 0.6) is 0 Å². The fourth-order valence-corrected chi connectivity index (χ4v) is 6.09. The maximum absolute atomic E-state index is 14.0. The number of halogens is 14. The Hall–Kier alpha value is 2.39. The van der Waals surface area contributed by atoms with Gasteiger partial charge in [0.25, 0.3) is 11.8 Å². The van der Waals surface area contributed by atoms with Gasteiger partial charge in [-0.2, -0.15) is 15.9 Å². The van der Waals surface area contributed by atoms with E-state index in [9.17, 15) is 41.0 Å². The number of hydrogen-bond acceptors (Lipinski definition) is 12. The molecule has 0 bridgehead atoms. The third-order valence-corrected chi connectivity index (χ3v) is 9.43. The van der Waals surface area contributed by atoms with Gasteiger partial charge in [0.2, 0.25) is 12.5 Å². The van der Waals surface area contributed by atoms with Crippen molar-refractivity contribution in [3.05, 3.63) is 82.2 Å². The maximum Gasteiger partial charge on any atom is 1.00 e. The van der Waals surface area contributed by atoms with Gasteiger partial charge in [0, 0.05) is 43.1 Å². The van der Waals surface area contributed by atoms with Crippen molar-refractivity contribution in [3.8, 4) is 0 Å². The Morgan fingerprint density at radius 1 is 0.742 bits per heavy atom. The molecule has 3 aliphatic rings. The third-order valence-electron chi connectivity index (χ3n) is 8.60. The molecule has 0 amide bonds. The van der Waals surface area contributed by atoms with Crippen molar-refractivity contribution >= 4 is 125 Å². The van der Waals surface area contributed by atoms with E-state index in [0.717, 1.165) is 29.9 Å². The molecule has 0 unspecified atom stereocenters. The maximum atomic E-state index is 14.0. The van der Waals surface area contributed by atoms with Gasteiger partial charge in [0.1, 0.15) is 11.9 Å². The number of rotatable bonds is 5. The largest absolute Gasteiger partial charge is 1.00 e. The van der Waals surface area contributed by atoms with Crippen LogP contribution < -0.4 is 46.0 Å². The van der Waals surface area contributed by atoms with Gasteiger partial charge in [-0.3, -0.25) is 9.13 Å². The molecule has 0 radical (unpaired) electrons. The first-order valence-electron chi connectivity index (χ1n) is 17.9. The number of hydrogen-bond donors (Lipinski definition) is 2. The molecule has 3 fully saturated rings. The third kappa shape index (κ3) is 25.1. The summed E-state index contributed by atoms with van der Waals surface area (Å²) in [7, 11) is 20.9. The molecule has 9 atom stereocenters. The van der Waals surface area contributed by atoms with E-state index in [2.05, 4.69) is 95.8 Å². The molecule has 3 aliphatic heterocycles. The normalized spacial score (nSPS) is 25.9. The molecule has 0 spiro atoms. The van der Waals surface area contributed by atoms with Crippen molar-refractivity contribution < 1.29 is 90.4 Å². The van der Waals surface area contributed by atoms with Gasteiger partial charge in [0.15, 0.2) is 11.1 Å². The fourth-order valence-electron chi connectivity index (χ4n) is 5.40. The predicted molar refractivity (Wildman–Crippen MR) is 267 cm³/mol. The molecule has 31 heteroatoms. The summed E-state index contributed by atoms with van der Waals surface area (Å²) in [6, 6.07) is 4.53. The molecule has 3 aromatic rings. The van der Waals surface area contributed by atoms with E-state index in [1.165, 1.54) is 38.4 Å². The molecule has 0 saturated carbocycles. The summed E-state index contributed by atoms with van der Waals surface area (Å²) in [5.41, 5.74) is -1.64. The Balaban J connectivity index is -0.000000367. The van der Waals surface area contributed by atoms with Crippen LogP contribution in [0.4, 0.5) is 26.3 Å². The van der Waals surface area contributed by atoms with E-state index in [0.29, 0.717) is 17.4 Å². The SMILES string of the molecule is C.C.CC[C@H]1O[C@@H](n2cccnc2=O)C(F)(F)[C@@H]1C.CC[C@H]1O[C@H](Br)C(F)(F)[C@@H]1C.C[O-].Cc1ncccn1.O=c1ncccn1[C@@H]1O[C@H](CO)[C@@H](O)C1(F)F.[Cl][Sn]([Cl])([Cl])[Cl].[I][V]([I])[I].[Na+]. The van der Waals surface area contributed by atoms with E-state index in [1.54, 1.807) is 25.4 Å². The van der Waals surface area contributed by atoms with Crippen molar-refractivity contribution in [1.29, 1.82) is 0 Å². The van der Waals surface area contributed by atoms with Gasteiger partial charge < -0.3 is 29.5 Å². The standard InChI is InChI=1S/C11H14F2N2O2.C9H10F2N2O4.C7H11BrF2O.C5H6N2.CH3O.2CH4.4ClH.3HI.Na.Sn.V/c1-3-8-7(2)11(12,13)9(17-8)15-6-4-5-14-10(15)16;10-9(11)6(15)5(4-14)17-7(9)13-3-1-2-12-8(13)16;1-3-5-4(2)7(9,10)6(8)11-5;1-5-6-3-2-4-7-5;1-2;;;;;;;;;;;;/h4-9H,3H2,1-2H3;1-3,5-7,14-15H,4H2;4-6H,3H2,1-2H3;2-4H,1H3;1H3;2*1H4;7*1H;;;/q;;;;-1;;;;;;;;;;+1;+4;+3/p-7/t7-,8-,9-;5-,6-,7-;4-,5-,6+;;;;;;;;;;;;;;/m111............../s1. The minimum Gasteiger partial charge on any atom is 1.00 e. The monoisotopic (exact) mass is 1590 g/mol. The minimum atomic E-state index is -3.67. The smallest absolute Gasteiger partial charge is 1.00 e. The van der Waals surface area contributed by atoms with Crippen molar-refractivity contribution in [1.82, 2.24) is 29.1 Å². The minimum absolute atomic E-state index is 0. The summed E-state index contributed by atoms with van der Waals surface area (Å²) < 4.78 is 97.7.